The summed E-state index contributed by atoms with van der Waals surface area (Å²) < 4.78 is 30.4. The largest absolute Gasteiger partial charge is 0.494 e. The average molecular weight is 315 g/mol. The molecular formula is C18H18FNO3. The minimum Gasteiger partial charge on any atom is -0.494 e. The lowest BCUT2D eigenvalue weighted by atomic mass is 9.89. The fourth-order valence-electron chi connectivity index (χ4n) is 3.25. The van der Waals surface area contributed by atoms with Crippen molar-refractivity contribution in [1.29, 1.82) is 0 Å². The summed E-state index contributed by atoms with van der Waals surface area (Å²) in [5, 5.41) is 3.46. The molecule has 0 aromatic heterocycles. The van der Waals surface area contributed by atoms with Crippen LogP contribution in [0.3, 0.4) is 0 Å². The van der Waals surface area contributed by atoms with Gasteiger partial charge >= 0.3 is 0 Å². The number of nitrogens with one attached hydrogen (secondary N) is 1. The van der Waals surface area contributed by atoms with Crippen LogP contribution in [0.1, 0.15) is 22.7 Å². The highest BCUT2D eigenvalue weighted by Crippen LogP contribution is 2.39. The van der Waals surface area contributed by atoms with Gasteiger partial charge in [0.05, 0.1) is 13.2 Å². The molecule has 0 saturated heterocycles. The van der Waals surface area contributed by atoms with E-state index in [2.05, 4.69) is 11.4 Å². The molecule has 2 aliphatic heterocycles. The Bertz CT molecular complexity index is 747. The third-order valence-electron chi connectivity index (χ3n) is 4.37. The standard InChI is InChI=1S/C18H18FNO3/c1-21-15-3-2-12(8-14(15)19)18-13-10-17-16(22-6-7-23-17)9-11(13)4-5-20-18/h2-3,8-10,18,20H,4-7H2,1H3. The number of hydrogen-bond donors (Lipinski definition) is 1. The molecule has 2 aromatic rings. The van der Waals surface area contributed by atoms with E-state index in [9.17, 15) is 4.39 Å². The predicted molar refractivity (Wildman–Crippen MR) is 83.9 cm³/mol. The van der Waals surface area contributed by atoms with Crippen molar-refractivity contribution in [3.8, 4) is 17.2 Å². The normalized spacial score (nSPS) is 19.1. The molecule has 0 aliphatic carbocycles. The summed E-state index contributed by atoms with van der Waals surface area (Å²) in [5.74, 6) is 1.47. The van der Waals surface area contributed by atoms with Crippen molar-refractivity contribution in [2.45, 2.75) is 12.5 Å². The molecule has 2 aromatic carbocycles. The summed E-state index contributed by atoms with van der Waals surface area (Å²) in [5.41, 5.74) is 3.21. The zero-order valence-corrected chi connectivity index (χ0v) is 12.9. The lowest BCUT2D eigenvalue weighted by Gasteiger charge is -2.30. The topological polar surface area (TPSA) is 39.7 Å². The maximum atomic E-state index is 14.1. The monoisotopic (exact) mass is 315 g/mol. The molecule has 120 valence electrons. The van der Waals surface area contributed by atoms with E-state index in [4.69, 9.17) is 14.2 Å². The second kappa shape index (κ2) is 5.74. The van der Waals surface area contributed by atoms with Crippen LogP contribution in [-0.4, -0.2) is 26.9 Å². The molecule has 1 N–H and O–H groups in total. The molecule has 0 saturated carbocycles. The van der Waals surface area contributed by atoms with Crippen LogP contribution in [0.5, 0.6) is 17.2 Å². The highest BCUT2D eigenvalue weighted by Gasteiger charge is 2.25. The summed E-state index contributed by atoms with van der Waals surface area (Å²) in [4.78, 5) is 0. The molecule has 2 heterocycles. The Morgan fingerprint density at radius 3 is 2.65 bits per heavy atom. The first-order chi connectivity index (χ1) is 11.3. The van der Waals surface area contributed by atoms with Gasteiger partial charge < -0.3 is 19.5 Å². The number of methoxy groups -OCH3 is 1. The van der Waals surface area contributed by atoms with Crippen molar-refractivity contribution in [2.75, 3.05) is 26.9 Å². The van der Waals surface area contributed by atoms with Crippen LogP contribution in [0.2, 0.25) is 0 Å². The molecule has 0 amide bonds. The minimum absolute atomic E-state index is 0.0602. The molecule has 23 heavy (non-hydrogen) atoms. The zero-order chi connectivity index (χ0) is 15.8. The Balaban J connectivity index is 1.76. The first-order valence-corrected chi connectivity index (χ1v) is 7.75. The summed E-state index contributed by atoms with van der Waals surface area (Å²) in [6.45, 7) is 1.98. The van der Waals surface area contributed by atoms with E-state index in [-0.39, 0.29) is 17.6 Å². The fraction of sp³-hybridized carbons (Fsp3) is 0.333. The molecule has 5 heteroatoms. The highest BCUT2D eigenvalue weighted by molar-refractivity contribution is 5.52. The Morgan fingerprint density at radius 2 is 1.91 bits per heavy atom. The number of benzene rings is 2. The molecule has 1 atom stereocenters. The van der Waals surface area contributed by atoms with E-state index >= 15 is 0 Å². The van der Waals surface area contributed by atoms with Crippen LogP contribution >= 0.6 is 0 Å². The SMILES string of the molecule is COc1ccc(C2NCCc3cc4c(cc32)OCCO4)cc1F. The third kappa shape index (κ3) is 2.51. The van der Waals surface area contributed by atoms with Gasteiger partial charge in [0.15, 0.2) is 23.1 Å². The molecule has 4 nitrogen and oxygen atoms in total. The van der Waals surface area contributed by atoms with Gasteiger partial charge in [-0.1, -0.05) is 6.07 Å². The molecule has 0 fully saturated rings. The number of rotatable bonds is 2. The van der Waals surface area contributed by atoms with Crippen LogP contribution in [0.25, 0.3) is 0 Å². The maximum Gasteiger partial charge on any atom is 0.165 e. The van der Waals surface area contributed by atoms with E-state index in [0.29, 0.717) is 13.2 Å². The van der Waals surface area contributed by atoms with E-state index in [1.807, 2.05) is 12.1 Å². The second-order valence-electron chi connectivity index (χ2n) is 5.73. The molecule has 1 unspecified atom stereocenters. The molecule has 0 bridgehead atoms. The molecular weight excluding hydrogens is 297 g/mol. The van der Waals surface area contributed by atoms with Gasteiger partial charge in [-0.05, 0) is 47.4 Å². The summed E-state index contributed by atoms with van der Waals surface area (Å²) in [6, 6.07) is 9.10. The first-order valence-electron chi connectivity index (χ1n) is 7.75. The lowest BCUT2D eigenvalue weighted by molar-refractivity contribution is 0.171. The Kier molecular flexibility index (Phi) is 3.58. The summed E-state index contributed by atoms with van der Waals surface area (Å²) >= 11 is 0. The lowest BCUT2D eigenvalue weighted by Crippen LogP contribution is -2.31. The molecule has 0 radical (unpaired) electrons. The molecule has 4 rings (SSSR count). The second-order valence-corrected chi connectivity index (χ2v) is 5.73. The smallest absolute Gasteiger partial charge is 0.165 e. The van der Waals surface area contributed by atoms with Crippen molar-refractivity contribution >= 4 is 0 Å². The first kappa shape index (κ1) is 14.3. The van der Waals surface area contributed by atoms with E-state index in [0.717, 1.165) is 35.6 Å². The van der Waals surface area contributed by atoms with Gasteiger partial charge in [-0.25, -0.2) is 4.39 Å². The number of fused-ring (bicyclic) bond motifs is 2. The van der Waals surface area contributed by atoms with Crippen molar-refractivity contribution in [3.63, 3.8) is 0 Å². The molecule has 2 aliphatic rings. The van der Waals surface area contributed by atoms with Gasteiger partial charge in [0.25, 0.3) is 0 Å². The van der Waals surface area contributed by atoms with Crippen LogP contribution < -0.4 is 19.5 Å². The predicted octanol–water partition coefficient (Wildman–Crippen LogP) is 2.84. The van der Waals surface area contributed by atoms with Gasteiger partial charge in [0.2, 0.25) is 0 Å². The Morgan fingerprint density at radius 1 is 1.13 bits per heavy atom. The zero-order valence-electron chi connectivity index (χ0n) is 12.9. The fourth-order valence-corrected chi connectivity index (χ4v) is 3.25. The van der Waals surface area contributed by atoms with E-state index in [1.54, 1.807) is 6.07 Å². The van der Waals surface area contributed by atoms with Gasteiger partial charge in [-0.2, -0.15) is 0 Å². The quantitative estimate of drug-likeness (QED) is 0.925. The van der Waals surface area contributed by atoms with E-state index < -0.39 is 0 Å². The van der Waals surface area contributed by atoms with Gasteiger partial charge in [0.1, 0.15) is 13.2 Å². The van der Waals surface area contributed by atoms with Crippen molar-refractivity contribution in [3.05, 3.63) is 52.8 Å². The Hall–Kier alpha value is -2.27. The van der Waals surface area contributed by atoms with Crippen LogP contribution in [0, 0.1) is 5.82 Å². The van der Waals surface area contributed by atoms with Crippen LogP contribution in [0.4, 0.5) is 4.39 Å². The average Bonchev–Trinajstić information content (AvgIpc) is 2.59. The van der Waals surface area contributed by atoms with Gasteiger partial charge in [0, 0.05) is 6.54 Å². The molecule has 0 spiro atoms. The summed E-state index contributed by atoms with van der Waals surface area (Å²) in [7, 11) is 1.47. The number of hydrogen-bond acceptors (Lipinski definition) is 4. The summed E-state index contributed by atoms with van der Waals surface area (Å²) in [6.07, 6.45) is 0.918. The minimum atomic E-state index is -0.350. The number of ether oxygens (including phenoxy) is 3. The van der Waals surface area contributed by atoms with E-state index in [1.165, 1.54) is 18.7 Å². The van der Waals surface area contributed by atoms with Crippen molar-refractivity contribution < 1.29 is 18.6 Å². The van der Waals surface area contributed by atoms with Crippen LogP contribution in [-0.2, 0) is 6.42 Å². The van der Waals surface area contributed by atoms with Crippen molar-refractivity contribution in [1.82, 2.24) is 5.32 Å². The van der Waals surface area contributed by atoms with Gasteiger partial charge in [-0.15, -0.1) is 0 Å². The maximum absolute atomic E-state index is 14.1. The van der Waals surface area contributed by atoms with Crippen molar-refractivity contribution in [2.24, 2.45) is 0 Å². The third-order valence-corrected chi connectivity index (χ3v) is 4.37. The highest BCUT2D eigenvalue weighted by atomic mass is 19.1. The van der Waals surface area contributed by atoms with Crippen LogP contribution in [0.15, 0.2) is 30.3 Å². The van der Waals surface area contributed by atoms with Gasteiger partial charge in [-0.3, -0.25) is 0 Å². The number of halogens is 1. The Labute approximate surface area is 134 Å².